The maximum Gasteiger partial charge on any atom is 0.230 e. The number of hydrogen-bond acceptors (Lipinski definition) is 9. The number of pyridine rings is 1. The smallest absolute Gasteiger partial charge is 0.230 e. The third-order valence-corrected chi connectivity index (χ3v) is 9.37. The summed E-state index contributed by atoms with van der Waals surface area (Å²) < 4.78 is 34.9. The van der Waals surface area contributed by atoms with Gasteiger partial charge in [0.1, 0.15) is 6.33 Å². The minimum absolute atomic E-state index is 0.0655. The molecule has 5 aromatic rings. The van der Waals surface area contributed by atoms with Crippen LogP contribution in [0.4, 0.5) is 4.39 Å². The van der Waals surface area contributed by atoms with E-state index in [-0.39, 0.29) is 34.8 Å². The summed E-state index contributed by atoms with van der Waals surface area (Å²) in [6.07, 6.45) is 2.86. The summed E-state index contributed by atoms with van der Waals surface area (Å²) in [6.45, 7) is 9.52. The molecule has 0 aliphatic carbocycles. The van der Waals surface area contributed by atoms with Gasteiger partial charge in [-0.3, -0.25) is 9.59 Å². The second kappa shape index (κ2) is 14.7. The van der Waals surface area contributed by atoms with E-state index in [0.717, 1.165) is 56.6 Å². The Kier molecular flexibility index (Phi) is 10.2. The fraction of sp³-hybridized carbons (Fsp3) is 0.368. The molecule has 3 heterocycles. The Labute approximate surface area is 285 Å². The van der Waals surface area contributed by atoms with Gasteiger partial charge >= 0.3 is 0 Å². The molecule has 0 unspecified atom stereocenters. The van der Waals surface area contributed by atoms with Crippen molar-refractivity contribution in [2.45, 2.75) is 33.1 Å². The van der Waals surface area contributed by atoms with Crippen LogP contribution in [-0.2, 0) is 19.9 Å². The number of halogens is 1. The van der Waals surface area contributed by atoms with Crippen LogP contribution in [0.3, 0.4) is 0 Å². The van der Waals surface area contributed by atoms with Gasteiger partial charge in [0.15, 0.2) is 34.3 Å². The summed E-state index contributed by atoms with van der Waals surface area (Å²) in [7, 11) is 5.53. The fourth-order valence-corrected chi connectivity index (χ4v) is 6.30. The van der Waals surface area contributed by atoms with Crippen molar-refractivity contribution in [2.75, 3.05) is 53.5 Å². The normalized spacial score (nSPS) is 14.0. The number of Topliss-reactive ketones (excluding diaryl/α,β-unsaturated/α-hetero) is 1. The molecule has 1 fully saturated rings. The van der Waals surface area contributed by atoms with E-state index in [2.05, 4.69) is 26.8 Å². The third-order valence-electron chi connectivity index (χ3n) is 9.37. The summed E-state index contributed by atoms with van der Waals surface area (Å²) in [6, 6.07) is 13.6. The molecule has 10 nitrogen and oxygen atoms in total. The van der Waals surface area contributed by atoms with Crippen molar-refractivity contribution in [3.63, 3.8) is 0 Å². The molecule has 1 saturated heterocycles. The predicted molar refractivity (Wildman–Crippen MR) is 188 cm³/mol. The highest BCUT2D eigenvalue weighted by molar-refractivity contribution is 6.01. The maximum absolute atomic E-state index is 15.4. The van der Waals surface area contributed by atoms with E-state index in [1.54, 1.807) is 32.2 Å². The molecule has 256 valence electrons. The monoisotopic (exact) mass is 667 g/mol. The number of aromatic nitrogens is 3. The number of ketones is 1. The van der Waals surface area contributed by atoms with Crippen LogP contribution in [0.5, 0.6) is 23.1 Å². The lowest BCUT2D eigenvalue weighted by Gasteiger charge is -2.32. The molecule has 6 rings (SSSR count). The van der Waals surface area contributed by atoms with Crippen LogP contribution in [0.1, 0.15) is 40.5 Å². The Morgan fingerprint density at radius 3 is 2.43 bits per heavy atom. The largest absolute Gasteiger partial charge is 0.493 e. The average molecular weight is 668 g/mol. The standard InChI is InChI=1S/C38H42FN5O5/c1-6-25-8-10-31-28(18-25)37(46)36(24(2)43(31)4)32(45)20-26-9-11-33(29(39)19-26)49-38-27-21-34(47-5)35(22-30(27)40-23-41-38)48-17-7-12-44-15-13-42(3)14-16-44/h8-11,18-19,21-23H,6-7,12-17,20H2,1-5H3. The van der Waals surface area contributed by atoms with E-state index < -0.39 is 5.82 Å². The molecule has 0 N–H and O–H groups in total. The maximum atomic E-state index is 15.4. The first-order valence-corrected chi connectivity index (χ1v) is 16.6. The highest BCUT2D eigenvalue weighted by Gasteiger charge is 2.21. The number of methoxy groups -OCH3 is 1. The van der Waals surface area contributed by atoms with Crippen LogP contribution in [0, 0.1) is 12.7 Å². The molecule has 0 saturated carbocycles. The van der Waals surface area contributed by atoms with E-state index in [0.29, 0.717) is 45.7 Å². The van der Waals surface area contributed by atoms with Gasteiger partial charge in [0.05, 0.1) is 35.7 Å². The van der Waals surface area contributed by atoms with Crippen LogP contribution < -0.4 is 19.6 Å². The van der Waals surface area contributed by atoms with Gasteiger partial charge in [0.2, 0.25) is 5.88 Å². The molecule has 1 aliphatic rings. The van der Waals surface area contributed by atoms with Crippen molar-refractivity contribution in [3.8, 4) is 23.1 Å². The fourth-order valence-electron chi connectivity index (χ4n) is 6.30. The highest BCUT2D eigenvalue weighted by Crippen LogP contribution is 2.36. The zero-order chi connectivity index (χ0) is 34.7. The molecule has 1 aliphatic heterocycles. The van der Waals surface area contributed by atoms with E-state index in [1.807, 2.05) is 36.7 Å². The number of likely N-dealkylation sites (N-methyl/N-ethyl adjacent to an activating group) is 1. The van der Waals surface area contributed by atoms with Crippen LogP contribution in [-0.4, -0.2) is 83.6 Å². The Balaban J connectivity index is 1.17. The van der Waals surface area contributed by atoms with Crippen molar-refractivity contribution < 1.29 is 23.4 Å². The highest BCUT2D eigenvalue weighted by atomic mass is 19.1. The van der Waals surface area contributed by atoms with Crippen molar-refractivity contribution in [1.29, 1.82) is 0 Å². The zero-order valence-corrected chi connectivity index (χ0v) is 28.7. The lowest BCUT2D eigenvalue weighted by atomic mass is 9.98. The summed E-state index contributed by atoms with van der Waals surface area (Å²) in [5.74, 6) is 0.0857. The molecule has 0 atom stereocenters. The number of benzene rings is 3. The molecule has 49 heavy (non-hydrogen) atoms. The molecule has 2 aromatic heterocycles. The molecule has 0 spiro atoms. The van der Waals surface area contributed by atoms with Crippen molar-refractivity contribution in [3.05, 3.63) is 93.3 Å². The summed E-state index contributed by atoms with van der Waals surface area (Å²) in [4.78, 5) is 40.4. The summed E-state index contributed by atoms with van der Waals surface area (Å²) in [5, 5.41) is 1.02. The molecule has 0 amide bonds. The first-order valence-electron chi connectivity index (χ1n) is 16.6. The van der Waals surface area contributed by atoms with E-state index in [4.69, 9.17) is 14.2 Å². The predicted octanol–water partition coefficient (Wildman–Crippen LogP) is 5.73. The number of piperazine rings is 1. The second-order valence-electron chi connectivity index (χ2n) is 12.6. The molecular weight excluding hydrogens is 625 g/mol. The Morgan fingerprint density at radius 1 is 0.918 bits per heavy atom. The van der Waals surface area contributed by atoms with Crippen LogP contribution in [0.15, 0.2) is 59.7 Å². The summed E-state index contributed by atoms with van der Waals surface area (Å²) in [5.41, 5.74) is 3.13. The van der Waals surface area contributed by atoms with E-state index in [9.17, 15) is 9.59 Å². The minimum Gasteiger partial charge on any atom is -0.493 e. The number of fused-ring (bicyclic) bond motifs is 2. The van der Waals surface area contributed by atoms with Gasteiger partial charge in [-0.15, -0.1) is 0 Å². The third kappa shape index (κ3) is 7.28. The number of carbonyl (C=O) groups excluding carboxylic acids is 1. The molecule has 11 heteroatoms. The Morgan fingerprint density at radius 2 is 1.69 bits per heavy atom. The number of carbonyl (C=O) groups is 1. The van der Waals surface area contributed by atoms with Gasteiger partial charge in [0, 0.05) is 63.3 Å². The van der Waals surface area contributed by atoms with Gasteiger partial charge in [0.25, 0.3) is 0 Å². The van der Waals surface area contributed by atoms with Gasteiger partial charge in [-0.05, 0) is 68.3 Å². The average Bonchev–Trinajstić information content (AvgIpc) is 3.10. The summed E-state index contributed by atoms with van der Waals surface area (Å²) >= 11 is 0. The van der Waals surface area contributed by atoms with E-state index in [1.165, 1.54) is 18.5 Å². The van der Waals surface area contributed by atoms with Crippen molar-refractivity contribution >= 4 is 27.6 Å². The minimum atomic E-state index is -0.667. The number of hydrogen-bond donors (Lipinski definition) is 0. The van der Waals surface area contributed by atoms with Crippen LogP contribution in [0.25, 0.3) is 21.8 Å². The Hall–Kier alpha value is -4.87. The number of aryl methyl sites for hydroxylation is 2. The second-order valence-corrected chi connectivity index (χ2v) is 12.6. The van der Waals surface area contributed by atoms with E-state index >= 15 is 4.39 Å². The first-order chi connectivity index (χ1) is 23.7. The molecule has 3 aromatic carbocycles. The zero-order valence-electron chi connectivity index (χ0n) is 28.7. The van der Waals surface area contributed by atoms with Gasteiger partial charge in [-0.2, -0.15) is 0 Å². The van der Waals surface area contributed by atoms with Gasteiger partial charge < -0.3 is 28.6 Å². The van der Waals surface area contributed by atoms with Gasteiger partial charge in [-0.1, -0.05) is 19.1 Å². The Bertz CT molecular complexity index is 2070. The quantitative estimate of drug-likeness (QED) is 0.122. The van der Waals surface area contributed by atoms with Crippen LogP contribution >= 0.6 is 0 Å². The SMILES string of the molecule is CCc1ccc2c(c1)c(=O)c(C(=O)Cc1ccc(Oc3ncnc4cc(OCCCN5CCN(C)CC5)c(OC)cc34)c(F)c1)c(C)n2C. The molecule has 0 radical (unpaired) electrons. The topological polar surface area (TPSA) is 99.0 Å². The number of rotatable bonds is 12. The van der Waals surface area contributed by atoms with Crippen LogP contribution in [0.2, 0.25) is 0 Å². The molecular formula is C38H42FN5O5. The molecule has 0 bridgehead atoms. The lowest BCUT2D eigenvalue weighted by molar-refractivity contribution is 0.0990. The first kappa shape index (κ1) is 34.0. The lowest BCUT2D eigenvalue weighted by Crippen LogP contribution is -2.44. The van der Waals surface area contributed by atoms with Gasteiger partial charge in [-0.25, -0.2) is 14.4 Å². The number of nitrogens with zero attached hydrogens (tertiary/aromatic N) is 5. The number of ether oxygens (including phenoxy) is 3. The van der Waals surface area contributed by atoms with Crippen molar-refractivity contribution in [1.82, 2.24) is 24.3 Å². The van der Waals surface area contributed by atoms with Crippen molar-refractivity contribution in [2.24, 2.45) is 7.05 Å².